The highest BCUT2D eigenvalue weighted by atomic mass is 19.2. The van der Waals surface area contributed by atoms with Gasteiger partial charge in [-0.05, 0) is 0 Å². The van der Waals surface area contributed by atoms with Crippen molar-refractivity contribution in [1.82, 2.24) is 29.9 Å². The lowest BCUT2D eigenvalue weighted by atomic mass is 10.1. The summed E-state index contributed by atoms with van der Waals surface area (Å²) >= 11 is 0. The fraction of sp³-hybridized carbons (Fsp3) is 0. The van der Waals surface area contributed by atoms with Crippen molar-refractivity contribution in [3.63, 3.8) is 0 Å². The molecule has 0 aliphatic heterocycles. The SMILES string of the molecule is N#Cc1nc2nc(-c3nc(-c4c(F)c(F)c(C#N)c(F)c4F)nc(-c4c(F)c(F)c(C#N)c(F)c4F)n3)oc2nc1C#N. The van der Waals surface area contributed by atoms with E-state index in [1.54, 1.807) is 6.07 Å². The Morgan fingerprint density at radius 3 is 1.23 bits per heavy atom. The molecule has 0 bridgehead atoms. The molecule has 0 unspecified atom stereocenters. The normalized spacial score (nSPS) is 10.7. The van der Waals surface area contributed by atoms with Crippen LogP contribution < -0.4 is 0 Å². The second-order valence-corrected chi connectivity index (χ2v) is 7.83. The van der Waals surface area contributed by atoms with Crippen molar-refractivity contribution in [2.75, 3.05) is 0 Å². The number of nitrogens with zero attached hydrogens (tertiary/aromatic N) is 10. The van der Waals surface area contributed by atoms with E-state index < -0.39 is 115 Å². The van der Waals surface area contributed by atoms with Crippen LogP contribution in [0.4, 0.5) is 35.1 Å². The number of hydrogen-bond donors (Lipinski definition) is 0. The lowest BCUT2D eigenvalue weighted by Crippen LogP contribution is -2.10. The van der Waals surface area contributed by atoms with Crippen LogP contribution in [0.2, 0.25) is 0 Å². The van der Waals surface area contributed by atoms with E-state index in [1.165, 1.54) is 6.07 Å². The van der Waals surface area contributed by atoms with Gasteiger partial charge in [0.2, 0.25) is 11.5 Å². The molecular formula is C24F8N10O. The van der Waals surface area contributed by atoms with Crippen molar-refractivity contribution >= 4 is 11.4 Å². The fourth-order valence-electron chi connectivity index (χ4n) is 3.56. The Hall–Kier alpha value is -6.60. The highest BCUT2D eigenvalue weighted by Gasteiger charge is 2.32. The first-order valence-corrected chi connectivity index (χ1v) is 10.7. The van der Waals surface area contributed by atoms with E-state index in [9.17, 15) is 35.1 Å². The van der Waals surface area contributed by atoms with Crippen molar-refractivity contribution in [1.29, 1.82) is 21.0 Å². The quantitative estimate of drug-likeness (QED) is 0.212. The van der Waals surface area contributed by atoms with Crippen molar-refractivity contribution < 1.29 is 39.5 Å². The van der Waals surface area contributed by atoms with E-state index >= 15 is 0 Å². The van der Waals surface area contributed by atoms with Gasteiger partial charge in [0.05, 0.1) is 11.1 Å². The number of halogens is 8. The molecule has 208 valence electrons. The molecule has 0 spiro atoms. The largest absolute Gasteiger partial charge is 0.413 e. The van der Waals surface area contributed by atoms with E-state index in [4.69, 9.17) is 25.5 Å². The molecule has 43 heavy (non-hydrogen) atoms. The second-order valence-electron chi connectivity index (χ2n) is 7.83. The maximum absolute atomic E-state index is 14.9. The molecule has 0 amide bonds. The molecule has 11 nitrogen and oxygen atoms in total. The molecule has 5 aromatic rings. The predicted molar refractivity (Wildman–Crippen MR) is 118 cm³/mol. The summed E-state index contributed by atoms with van der Waals surface area (Å²) < 4.78 is 122. The number of aromatic nitrogens is 6. The Bertz CT molecular complexity index is 2030. The van der Waals surface area contributed by atoms with Gasteiger partial charge < -0.3 is 4.42 Å². The first kappa shape index (κ1) is 27.9. The van der Waals surface area contributed by atoms with Gasteiger partial charge in [0.25, 0.3) is 11.6 Å². The summed E-state index contributed by atoms with van der Waals surface area (Å²) in [6, 6.07) is 4.86. The molecule has 0 fully saturated rings. The standard InChI is InChI=1S/C24F8N10O/c25-11-5(1-33)12(26)16(30)9(15(11)29)19-39-20(10-17(31)13(27)6(2-34)14(28)18(10)32)41-22(40-19)24-42-21-23(43-24)38-8(4-36)7(3-35)37-21. The van der Waals surface area contributed by atoms with Crippen LogP contribution in [0.25, 0.3) is 45.9 Å². The van der Waals surface area contributed by atoms with Gasteiger partial charge in [-0.25, -0.2) is 55.1 Å². The van der Waals surface area contributed by atoms with Crippen molar-refractivity contribution in [2.24, 2.45) is 0 Å². The number of hydrogen-bond acceptors (Lipinski definition) is 11. The van der Waals surface area contributed by atoms with Gasteiger partial charge in [0.1, 0.15) is 35.4 Å². The average Bonchev–Trinajstić information content (AvgIpc) is 3.42. The van der Waals surface area contributed by atoms with Crippen LogP contribution in [-0.2, 0) is 0 Å². The molecule has 2 aromatic carbocycles. The van der Waals surface area contributed by atoms with E-state index in [1.807, 2.05) is 0 Å². The summed E-state index contributed by atoms with van der Waals surface area (Å²) in [6.07, 6.45) is 0. The topological polar surface area (TPSA) is 186 Å². The van der Waals surface area contributed by atoms with Crippen LogP contribution >= 0.6 is 0 Å². The fourth-order valence-corrected chi connectivity index (χ4v) is 3.56. The first-order chi connectivity index (χ1) is 20.5. The van der Waals surface area contributed by atoms with Crippen LogP contribution in [-0.4, -0.2) is 29.9 Å². The molecule has 3 heterocycles. The van der Waals surface area contributed by atoms with Gasteiger partial charge in [0.15, 0.2) is 69.6 Å². The van der Waals surface area contributed by atoms with Crippen LogP contribution in [0, 0.1) is 91.9 Å². The van der Waals surface area contributed by atoms with Crippen molar-refractivity contribution in [2.45, 2.75) is 0 Å². The Morgan fingerprint density at radius 1 is 0.442 bits per heavy atom. The zero-order valence-electron chi connectivity index (χ0n) is 19.9. The number of rotatable bonds is 3. The molecule has 0 atom stereocenters. The summed E-state index contributed by atoms with van der Waals surface area (Å²) in [5, 5.41) is 35.9. The minimum absolute atomic E-state index is 0.505. The predicted octanol–water partition coefficient (Wildman–Crippen LogP) is 4.40. The Labute approximate surface area is 230 Å². The smallest absolute Gasteiger partial charge is 0.269 e. The monoisotopic (exact) mass is 596 g/mol. The van der Waals surface area contributed by atoms with Gasteiger partial charge >= 0.3 is 0 Å². The summed E-state index contributed by atoms with van der Waals surface area (Å²) in [5.74, 6) is -22.8. The van der Waals surface area contributed by atoms with Crippen molar-refractivity contribution in [3.8, 4) is 58.8 Å². The van der Waals surface area contributed by atoms with E-state index in [0.717, 1.165) is 12.1 Å². The highest BCUT2D eigenvalue weighted by Crippen LogP contribution is 2.35. The maximum atomic E-state index is 14.9. The molecule has 0 saturated heterocycles. The molecule has 0 radical (unpaired) electrons. The minimum Gasteiger partial charge on any atom is -0.413 e. The van der Waals surface area contributed by atoms with Crippen LogP contribution in [0.15, 0.2) is 4.42 Å². The molecule has 0 aliphatic carbocycles. The second kappa shape index (κ2) is 10.1. The molecule has 0 saturated carbocycles. The molecular weight excluding hydrogens is 596 g/mol. The molecule has 0 aliphatic rings. The third-order valence-corrected chi connectivity index (χ3v) is 5.48. The number of fused-ring (bicyclic) bond motifs is 1. The van der Waals surface area contributed by atoms with Gasteiger partial charge in [0, 0.05) is 0 Å². The van der Waals surface area contributed by atoms with Crippen molar-refractivity contribution in [3.05, 3.63) is 69.1 Å². The molecule has 5 rings (SSSR count). The first-order valence-electron chi connectivity index (χ1n) is 10.7. The summed E-state index contributed by atoms with van der Waals surface area (Å²) in [4.78, 5) is 21.5. The number of nitriles is 4. The van der Waals surface area contributed by atoms with Crippen LogP contribution in [0.5, 0.6) is 0 Å². The lowest BCUT2D eigenvalue weighted by Gasteiger charge is -2.11. The number of oxazole rings is 1. The minimum atomic E-state index is -2.27. The zero-order chi connectivity index (χ0) is 31.3. The van der Waals surface area contributed by atoms with Gasteiger partial charge in [-0.15, -0.1) is 0 Å². The van der Waals surface area contributed by atoms with Crippen LogP contribution in [0.3, 0.4) is 0 Å². The Morgan fingerprint density at radius 2 is 0.837 bits per heavy atom. The molecule has 0 N–H and O–H groups in total. The summed E-state index contributed by atoms with van der Waals surface area (Å²) in [6.45, 7) is 0. The zero-order valence-corrected chi connectivity index (χ0v) is 19.9. The Balaban J connectivity index is 1.89. The maximum Gasteiger partial charge on any atom is 0.269 e. The van der Waals surface area contributed by atoms with Crippen LogP contribution in [0.1, 0.15) is 22.5 Å². The molecule has 3 aromatic heterocycles. The molecule has 19 heteroatoms. The van der Waals surface area contributed by atoms with E-state index in [2.05, 4.69) is 29.9 Å². The Kier molecular flexibility index (Phi) is 6.56. The third kappa shape index (κ3) is 4.16. The van der Waals surface area contributed by atoms with Gasteiger partial charge in [-0.1, -0.05) is 0 Å². The average molecular weight is 596 g/mol. The summed E-state index contributed by atoms with van der Waals surface area (Å²) in [5.41, 5.74) is -9.08. The van der Waals surface area contributed by atoms with Gasteiger partial charge in [-0.2, -0.15) is 31.0 Å². The van der Waals surface area contributed by atoms with E-state index in [0.29, 0.717) is 0 Å². The number of benzene rings is 2. The summed E-state index contributed by atoms with van der Waals surface area (Å²) in [7, 11) is 0. The van der Waals surface area contributed by atoms with E-state index in [-0.39, 0.29) is 0 Å². The third-order valence-electron chi connectivity index (χ3n) is 5.48. The van der Waals surface area contributed by atoms with Gasteiger partial charge in [-0.3, -0.25) is 0 Å². The highest BCUT2D eigenvalue weighted by molar-refractivity contribution is 5.71. The lowest BCUT2D eigenvalue weighted by molar-refractivity contribution is 0.452.